The summed E-state index contributed by atoms with van der Waals surface area (Å²) in [6.07, 6.45) is 5.73. The lowest BCUT2D eigenvalue weighted by Crippen LogP contribution is -2.37. The summed E-state index contributed by atoms with van der Waals surface area (Å²) < 4.78 is 13.0. The van der Waals surface area contributed by atoms with Gasteiger partial charge in [0.1, 0.15) is 5.82 Å². The Morgan fingerprint density at radius 3 is 2.67 bits per heavy atom. The molecule has 0 saturated carbocycles. The first-order valence-electron chi connectivity index (χ1n) is 7.17. The maximum absolute atomic E-state index is 13.0. The van der Waals surface area contributed by atoms with Gasteiger partial charge in [0.15, 0.2) is 0 Å². The fraction of sp³-hybridized carbons (Fsp3) is 0.235. The molecular formula is C17H18FN3. The van der Waals surface area contributed by atoms with Crippen LogP contribution in [-0.2, 0) is 6.42 Å². The summed E-state index contributed by atoms with van der Waals surface area (Å²) in [7, 11) is 0. The van der Waals surface area contributed by atoms with Gasteiger partial charge in [0, 0.05) is 24.5 Å². The van der Waals surface area contributed by atoms with Crippen LogP contribution in [0.15, 0.2) is 60.4 Å². The molecule has 0 radical (unpaired) electrons. The Labute approximate surface area is 124 Å². The van der Waals surface area contributed by atoms with Crippen molar-refractivity contribution in [2.75, 3.05) is 5.01 Å². The molecule has 1 N–H and O–H groups in total. The van der Waals surface area contributed by atoms with E-state index < -0.39 is 0 Å². The number of pyridine rings is 1. The molecule has 1 aromatic carbocycles. The molecule has 0 spiro atoms. The Balaban J connectivity index is 1.76. The third kappa shape index (κ3) is 3.11. The Morgan fingerprint density at radius 1 is 1.19 bits per heavy atom. The summed E-state index contributed by atoms with van der Waals surface area (Å²) in [5.74, 6) is -0.220. The summed E-state index contributed by atoms with van der Waals surface area (Å²) >= 11 is 0. The highest BCUT2D eigenvalue weighted by Crippen LogP contribution is 2.24. The van der Waals surface area contributed by atoms with Crippen LogP contribution in [0.25, 0.3) is 0 Å². The lowest BCUT2D eigenvalue weighted by atomic mass is 10.0. The molecule has 0 fully saturated rings. The van der Waals surface area contributed by atoms with Gasteiger partial charge in [0.05, 0.1) is 11.7 Å². The summed E-state index contributed by atoms with van der Waals surface area (Å²) in [6.45, 7) is 2.15. The smallest absolute Gasteiger partial charge is 0.123 e. The average Bonchev–Trinajstić information content (AvgIpc) is 2.92. The lowest BCUT2D eigenvalue weighted by molar-refractivity contribution is 0.596. The highest BCUT2D eigenvalue weighted by Gasteiger charge is 2.24. The number of rotatable bonds is 4. The second kappa shape index (κ2) is 6.06. The number of nitrogens with zero attached hydrogens (tertiary/aromatic N) is 2. The molecule has 4 heteroatoms. The minimum atomic E-state index is -0.220. The molecule has 21 heavy (non-hydrogen) atoms. The van der Waals surface area contributed by atoms with Crippen molar-refractivity contribution < 1.29 is 4.39 Å². The molecule has 0 saturated heterocycles. The molecule has 1 unspecified atom stereocenters. The third-order valence-electron chi connectivity index (χ3n) is 3.69. The van der Waals surface area contributed by atoms with E-state index in [9.17, 15) is 4.39 Å². The van der Waals surface area contributed by atoms with Gasteiger partial charge in [-0.2, -0.15) is 0 Å². The van der Waals surface area contributed by atoms with E-state index in [0.29, 0.717) is 0 Å². The van der Waals surface area contributed by atoms with E-state index in [1.165, 1.54) is 17.7 Å². The molecule has 3 nitrogen and oxygen atoms in total. The standard InChI is InChI=1S/C17H18FN3/c1-2-13-12-21(16-8-6-14(18)7-9-16)20-17(13)11-15-5-3-4-10-19-15/h3-10,12,17,20H,2,11H2,1H3. The first-order chi connectivity index (χ1) is 10.3. The number of nitrogens with one attached hydrogen (secondary N) is 1. The van der Waals surface area contributed by atoms with Crippen LogP contribution in [0.4, 0.5) is 10.1 Å². The zero-order valence-corrected chi connectivity index (χ0v) is 12.0. The average molecular weight is 283 g/mol. The fourth-order valence-corrected chi connectivity index (χ4v) is 2.54. The van der Waals surface area contributed by atoms with Crippen LogP contribution in [-0.4, -0.2) is 11.0 Å². The molecule has 1 aliphatic heterocycles. The lowest BCUT2D eigenvalue weighted by Gasteiger charge is -2.20. The molecule has 1 aliphatic rings. The van der Waals surface area contributed by atoms with Gasteiger partial charge >= 0.3 is 0 Å². The van der Waals surface area contributed by atoms with E-state index in [1.807, 2.05) is 29.4 Å². The van der Waals surface area contributed by atoms with Gasteiger partial charge in [0.2, 0.25) is 0 Å². The summed E-state index contributed by atoms with van der Waals surface area (Å²) in [5.41, 5.74) is 6.78. The molecule has 0 bridgehead atoms. The van der Waals surface area contributed by atoms with E-state index >= 15 is 0 Å². The van der Waals surface area contributed by atoms with Crippen LogP contribution < -0.4 is 10.4 Å². The second-order valence-electron chi connectivity index (χ2n) is 5.11. The number of hydrazine groups is 1. The molecule has 1 atom stereocenters. The maximum atomic E-state index is 13.0. The van der Waals surface area contributed by atoms with Crippen molar-refractivity contribution in [1.29, 1.82) is 0 Å². The Bertz CT molecular complexity index is 622. The van der Waals surface area contributed by atoms with Crippen molar-refractivity contribution >= 4 is 5.69 Å². The number of hydrogen-bond donors (Lipinski definition) is 1. The summed E-state index contributed by atoms with van der Waals surface area (Å²) in [4.78, 5) is 4.39. The first-order valence-corrected chi connectivity index (χ1v) is 7.17. The first kappa shape index (κ1) is 13.8. The minimum Gasteiger partial charge on any atom is -0.284 e. The summed E-state index contributed by atoms with van der Waals surface area (Å²) in [6, 6.07) is 12.7. The number of aromatic nitrogens is 1. The van der Waals surface area contributed by atoms with Crippen LogP contribution in [0.5, 0.6) is 0 Å². The Hall–Kier alpha value is -2.20. The summed E-state index contributed by atoms with van der Waals surface area (Å²) in [5, 5.41) is 1.96. The normalized spacial score (nSPS) is 17.9. The van der Waals surface area contributed by atoms with E-state index in [4.69, 9.17) is 0 Å². The SMILES string of the molecule is CCC1=CN(c2ccc(F)cc2)NC1Cc1ccccn1. The molecule has 0 aliphatic carbocycles. The number of halogens is 1. The Kier molecular flexibility index (Phi) is 3.97. The van der Waals surface area contributed by atoms with Crippen molar-refractivity contribution in [2.45, 2.75) is 25.8 Å². The molecule has 2 aromatic rings. The van der Waals surface area contributed by atoms with Crippen LogP contribution >= 0.6 is 0 Å². The van der Waals surface area contributed by atoms with Gasteiger partial charge in [-0.1, -0.05) is 13.0 Å². The van der Waals surface area contributed by atoms with Crippen LogP contribution in [0.3, 0.4) is 0 Å². The monoisotopic (exact) mass is 283 g/mol. The predicted octanol–water partition coefficient (Wildman–Crippen LogP) is 3.45. The van der Waals surface area contributed by atoms with Crippen molar-refractivity contribution in [1.82, 2.24) is 10.4 Å². The third-order valence-corrected chi connectivity index (χ3v) is 3.69. The fourth-order valence-electron chi connectivity index (χ4n) is 2.54. The molecule has 1 aromatic heterocycles. The van der Waals surface area contributed by atoms with Gasteiger partial charge in [-0.15, -0.1) is 0 Å². The van der Waals surface area contributed by atoms with Crippen molar-refractivity contribution in [3.63, 3.8) is 0 Å². The number of benzene rings is 1. The van der Waals surface area contributed by atoms with Gasteiger partial charge in [-0.25, -0.2) is 9.82 Å². The molecule has 108 valence electrons. The second-order valence-corrected chi connectivity index (χ2v) is 5.11. The highest BCUT2D eigenvalue weighted by molar-refractivity contribution is 5.51. The van der Waals surface area contributed by atoms with Crippen molar-refractivity contribution in [3.8, 4) is 0 Å². The van der Waals surface area contributed by atoms with Crippen LogP contribution in [0.1, 0.15) is 19.0 Å². The quantitative estimate of drug-likeness (QED) is 0.931. The van der Waals surface area contributed by atoms with Crippen molar-refractivity contribution in [3.05, 3.63) is 71.9 Å². The predicted molar refractivity (Wildman–Crippen MR) is 82.1 cm³/mol. The van der Waals surface area contributed by atoms with E-state index in [2.05, 4.69) is 23.5 Å². The largest absolute Gasteiger partial charge is 0.284 e. The van der Waals surface area contributed by atoms with Gasteiger partial charge in [-0.05, 0) is 48.4 Å². The van der Waals surface area contributed by atoms with E-state index in [-0.39, 0.29) is 11.9 Å². The topological polar surface area (TPSA) is 28.2 Å². The van der Waals surface area contributed by atoms with Crippen LogP contribution in [0, 0.1) is 5.82 Å². The Morgan fingerprint density at radius 2 is 2.00 bits per heavy atom. The maximum Gasteiger partial charge on any atom is 0.123 e. The van der Waals surface area contributed by atoms with Gasteiger partial charge in [-0.3, -0.25) is 9.99 Å². The molecule has 3 rings (SSSR count). The van der Waals surface area contributed by atoms with Gasteiger partial charge in [0.25, 0.3) is 0 Å². The zero-order valence-electron chi connectivity index (χ0n) is 12.0. The molecular weight excluding hydrogens is 265 g/mol. The number of hydrogen-bond acceptors (Lipinski definition) is 3. The molecule has 2 heterocycles. The van der Waals surface area contributed by atoms with Gasteiger partial charge < -0.3 is 0 Å². The van der Waals surface area contributed by atoms with Crippen LogP contribution in [0.2, 0.25) is 0 Å². The van der Waals surface area contributed by atoms with Crippen molar-refractivity contribution in [2.24, 2.45) is 0 Å². The minimum absolute atomic E-state index is 0.220. The number of anilines is 1. The van der Waals surface area contributed by atoms with E-state index in [1.54, 1.807) is 12.1 Å². The van der Waals surface area contributed by atoms with E-state index in [0.717, 1.165) is 24.2 Å². The highest BCUT2D eigenvalue weighted by atomic mass is 19.1. The zero-order chi connectivity index (χ0) is 14.7. The molecule has 0 amide bonds.